The summed E-state index contributed by atoms with van der Waals surface area (Å²) in [7, 11) is 2.32. The van der Waals surface area contributed by atoms with Crippen LogP contribution in [0.15, 0.2) is 0 Å². The lowest BCUT2D eigenvalue weighted by Crippen LogP contribution is -2.62. The van der Waals surface area contributed by atoms with E-state index in [0.717, 1.165) is 18.4 Å². The smallest absolute Gasteiger partial charge is 0.0362 e. The Morgan fingerprint density at radius 3 is 2.28 bits per heavy atom. The molecule has 0 aromatic heterocycles. The molecule has 0 aliphatic heterocycles. The predicted molar refractivity (Wildman–Crippen MR) is 80.7 cm³/mol. The van der Waals surface area contributed by atoms with Crippen LogP contribution in [-0.4, -0.2) is 30.1 Å². The number of nitrogens with zero attached hydrogens (tertiary/aromatic N) is 1. The summed E-state index contributed by atoms with van der Waals surface area (Å²) in [4.78, 5) is 2.65. The maximum atomic E-state index is 6.27. The van der Waals surface area contributed by atoms with E-state index in [1.54, 1.807) is 0 Å². The molecular weight excluding hydrogens is 220 g/mol. The van der Waals surface area contributed by atoms with E-state index in [-0.39, 0.29) is 5.54 Å². The van der Waals surface area contributed by atoms with Crippen LogP contribution in [-0.2, 0) is 0 Å². The van der Waals surface area contributed by atoms with Gasteiger partial charge >= 0.3 is 0 Å². The minimum atomic E-state index is 0.253. The summed E-state index contributed by atoms with van der Waals surface area (Å²) in [6.45, 7) is 10.2. The van der Waals surface area contributed by atoms with Crippen molar-refractivity contribution in [3.63, 3.8) is 0 Å². The third-order valence-electron chi connectivity index (χ3n) is 5.42. The van der Waals surface area contributed by atoms with Crippen molar-refractivity contribution in [3.8, 4) is 0 Å². The molecule has 0 bridgehead atoms. The van der Waals surface area contributed by atoms with Crippen LogP contribution in [0.3, 0.4) is 0 Å². The van der Waals surface area contributed by atoms with E-state index in [4.69, 9.17) is 5.73 Å². The fraction of sp³-hybridized carbons (Fsp3) is 1.00. The van der Waals surface area contributed by atoms with E-state index >= 15 is 0 Å². The van der Waals surface area contributed by atoms with Crippen molar-refractivity contribution in [1.82, 2.24) is 4.90 Å². The van der Waals surface area contributed by atoms with Gasteiger partial charge in [0, 0.05) is 18.1 Å². The van der Waals surface area contributed by atoms with Crippen molar-refractivity contribution in [1.29, 1.82) is 0 Å². The maximum Gasteiger partial charge on any atom is 0.0362 e. The zero-order valence-corrected chi connectivity index (χ0v) is 13.2. The molecule has 2 heteroatoms. The highest BCUT2D eigenvalue weighted by Crippen LogP contribution is 2.42. The van der Waals surface area contributed by atoms with Gasteiger partial charge in [0.25, 0.3) is 0 Å². The molecule has 2 atom stereocenters. The Hall–Kier alpha value is -0.0800. The molecule has 0 aromatic rings. The molecule has 0 amide bonds. The quantitative estimate of drug-likeness (QED) is 0.784. The van der Waals surface area contributed by atoms with E-state index in [9.17, 15) is 0 Å². The molecule has 0 spiro atoms. The van der Waals surface area contributed by atoms with E-state index < -0.39 is 0 Å². The van der Waals surface area contributed by atoms with Crippen molar-refractivity contribution in [3.05, 3.63) is 0 Å². The first-order chi connectivity index (χ1) is 8.53. The van der Waals surface area contributed by atoms with Crippen molar-refractivity contribution in [2.75, 3.05) is 13.6 Å². The summed E-state index contributed by atoms with van der Waals surface area (Å²) in [5.74, 6) is 1.51. The fourth-order valence-electron chi connectivity index (χ4n) is 4.24. The Morgan fingerprint density at radius 2 is 1.83 bits per heavy atom. The summed E-state index contributed by atoms with van der Waals surface area (Å²) in [6, 6.07) is 0.688. The second-order valence-electron chi connectivity index (χ2n) is 6.49. The minimum absolute atomic E-state index is 0.253. The molecule has 2 nitrogen and oxygen atoms in total. The van der Waals surface area contributed by atoms with Crippen LogP contribution in [0.5, 0.6) is 0 Å². The van der Waals surface area contributed by atoms with Gasteiger partial charge in [0.2, 0.25) is 0 Å². The van der Waals surface area contributed by atoms with Gasteiger partial charge in [-0.25, -0.2) is 0 Å². The number of hydrogen-bond acceptors (Lipinski definition) is 2. The predicted octanol–water partition coefficient (Wildman–Crippen LogP) is 3.65. The summed E-state index contributed by atoms with van der Waals surface area (Å²) < 4.78 is 0. The van der Waals surface area contributed by atoms with Crippen LogP contribution >= 0.6 is 0 Å². The Kier molecular flexibility index (Phi) is 6.13. The second kappa shape index (κ2) is 6.91. The van der Waals surface area contributed by atoms with E-state index in [2.05, 4.69) is 39.6 Å². The standard InChI is InChI=1S/C16H34N2/c1-6-14(7-2)18(5)16(12-17)11-9-8-10-15(16)13(3)4/h13-15H,6-12,17H2,1-5H3. The van der Waals surface area contributed by atoms with Crippen molar-refractivity contribution in [2.45, 2.75) is 77.8 Å². The largest absolute Gasteiger partial charge is 0.329 e. The van der Waals surface area contributed by atoms with Crippen molar-refractivity contribution >= 4 is 0 Å². The van der Waals surface area contributed by atoms with Crippen molar-refractivity contribution in [2.24, 2.45) is 17.6 Å². The number of likely N-dealkylation sites (N-methyl/N-ethyl adjacent to an activating group) is 1. The lowest BCUT2D eigenvalue weighted by atomic mass is 9.66. The second-order valence-corrected chi connectivity index (χ2v) is 6.49. The average Bonchev–Trinajstić information content (AvgIpc) is 2.39. The minimum Gasteiger partial charge on any atom is -0.329 e. The van der Waals surface area contributed by atoms with Crippen LogP contribution in [0.4, 0.5) is 0 Å². The molecular formula is C16H34N2. The van der Waals surface area contributed by atoms with Gasteiger partial charge in [0.15, 0.2) is 0 Å². The van der Waals surface area contributed by atoms with Gasteiger partial charge < -0.3 is 5.73 Å². The molecule has 1 fully saturated rings. The van der Waals surface area contributed by atoms with Gasteiger partial charge in [-0.2, -0.15) is 0 Å². The normalized spacial score (nSPS) is 29.5. The Bertz CT molecular complexity index is 235. The molecule has 1 aliphatic carbocycles. The van der Waals surface area contributed by atoms with Crippen LogP contribution in [0, 0.1) is 11.8 Å². The van der Waals surface area contributed by atoms with Crippen LogP contribution < -0.4 is 5.73 Å². The van der Waals surface area contributed by atoms with Gasteiger partial charge in [-0.3, -0.25) is 4.90 Å². The lowest BCUT2D eigenvalue weighted by Gasteiger charge is -2.53. The summed E-state index contributed by atoms with van der Waals surface area (Å²) in [5, 5.41) is 0. The molecule has 18 heavy (non-hydrogen) atoms. The van der Waals surface area contributed by atoms with Crippen LogP contribution in [0.2, 0.25) is 0 Å². The fourth-order valence-corrected chi connectivity index (χ4v) is 4.24. The summed E-state index contributed by atoms with van der Waals surface area (Å²) >= 11 is 0. The Labute approximate surface area is 114 Å². The maximum absolute atomic E-state index is 6.27. The molecule has 2 unspecified atom stereocenters. The van der Waals surface area contributed by atoms with Gasteiger partial charge in [0.05, 0.1) is 0 Å². The third kappa shape index (κ3) is 2.91. The molecule has 0 saturated heterocycles. The summed E-state index contributed by atoms with van der Waals surface area (Å²) in [6.07, 6.45) is 7.87. The molecule has 2 N–H and O–H groups in total. The lowest BCUT2D eigenvalue weighted by molar-refractivity contribution is -0.0248. The number of hydrogen-bond donors (Lipinski definition) is 1. The first-order valence-electron chi connectivity index (χ1n) is 7.96. The van der Waals surface area contributed by atoms with Crippen LogP contribution in [0.1, 0.15) is 66.2 Å². The van der Waals surface area contributed by atoms with E-state index in [0.29, 0.717) is 6.04 Å². The molecule has 108 valence electrons. The Morgan fingerprint density at radius 1 is 1.22 bits per heavy atom. The number of nitrogens with two attached hydrogens (primary N) is 1. The molecule has 1 rings (SSSR count). The molecule has 0 aromatic carbocycles. The van der Waals surface area contributed by atoms with Gasteiger partial charge in [0.1, 0.15) is 0 Å². The number of rotatable bonds is 6. The zero-order valence-electron chi connectivity index (χ0n) is 13.2. The van der Waals surface area contributed by atoms with Gasteiger partial charge in [-0.15, -0.1) is 0 Å². The highest BCUT2D eigenvalue weighted by molar-refractivity contribution is 5.01. The molecule has 0 radical (unpaired) electrons. The molecule has 0 heterocycles. The van der Waals surface area contributed by atoms with Crippen LogP contribution in [0.25, 0.3) is 0 Å². The van der Waals surface area contributed by atoms with Gasteiger partial charge in [-0.05, 0) is 44.6 Å². The first kappa shape index (κ1) is 16.0. The first-order valence-corrected chi connectivity index (χ1v) is 7.96. The topological polar surface area (TPSA) is 29.3 Å². The SMILES string of the molecule is CCC(CC)N(C)C1(CN)CCCCC1C(C)C. The Balaban J connectivity index is 2.99. The monoisotopic (exact) mass is 254 g/mol. The molecule has 1 aliphatic rings. The van der Waals surface area contributed by atoms with Crippen molar-refractivity contribution < 1.29 is 0 Å². The molecule has 1 saturated carbocycles. The third-order valence-corrected chi connectivity index (χ3v) is 5.42. The highest BCUT2D eigenvalue weighted by atomic mass is 15.2. The van der Waals surface area contributed by atoms with Gasteiger partial charge in [-0.1, -0.05) is 40.5 Å². The average molecular weight is 254 g/mol. The summed E-state index contributed by atoms with van der Waals surface area (Å²) in [5.41, 5.74) is 6.53. The van der Waals surface area contributed by atoms with E-state index in [1.807, 2.05) is 0 Å². The van der Waals surface area contributed by atoms with E-state index in [1.165, 1.54) is 38.5 Å². The zero-order chi connectivity index (χ0) is 13.8. The highest BCUT2D eigenvalue weighted by Gasteiger charge is 2.45.